The molecule has 0 saturated heterocycles. The Bertz CT molecular complexity index is 831. The molecule has 2 aromatic heterocycles. The number of aromatic nitrogens is 1. The number of rotatable bonds is 3. The van der Waals surface area contributed by atoms with Crippen LogP contribution in [-0.4, -0.2) is 10.9 Å². The molecule has 0 radical (unpaired) electrons. The highest BCUT2D eigenvalue weighted by Crippen LogP contribution is 2.33. The van der Waals surface area contributed by atoms with Crippen molar-refractivity contribution < 1.29 is 4.79 Å². The van der Waals surface area contributed by atoms with Gasteiger partial charge < -0.3 is 0 Å². The molecule has 0 aliphatic carbocycles. The third-order valence-electron chi connectivity index (χ3n) is 2.77. The Balaban J connectivity index is 1.85. The summed E-state index contributed by atoms with van der Waals surface area (Å²) in [6.07, 6.45) is 0. The Morgan fingerprint density at radius 2 is 1.86 bits per heavy atom. The SMILES string of the molecule is O=C(Nc1nc(-c2cccs2)cs1)c1c(Cl)ccc(Cl)c1Cl. The van der Waals surface area contributed by atoms with E-state index in [1.807, 2.05) is 22.9 Å². The molecule has 3 aromatic rings. The van der Waals surface area contributed by atoms with Gasteiger partial charge in [0.25, 0.3) is 5.91 Å². The molecule has 1 N–H and O–H groups in total. The fourth-order valence-electron chi connectivity index (χ4n) is 1.76. The molecule has 3 nitrogen and oxygen atoms in total. The second-order valence-corrected chi connectivity index (χ2v) is 7.19. The number of hydrogen-bond acceptors (Lipinski definition) is 4. The molecule has 0 unspecified atom stereocenters. The molecule has 8 heteroatoms. The van der Waals surface area contributed by atoms with E-state index in [0.717, 1.165) is 10.6 Å². The fourth-order valence-corrected chi connectivity index (χ4v) is 3.93. The molecule has 112 valence electrons. The third-order valence-corrected chi connectivity index (χ3v) is 5.54. The van der Waals surface area contributed by atoms with Gasteiger partial charge >= 0.3 is 0 Å². The van der Waals surface area contributed by atoms with Gasteiger partial charge in [0.05, 0.1) is 31.2 Å². The molecule has 0 atom stereocenters. The lowest BCUT2D eigenvalue weighted by molar-refractivity contribution is 0.102. The standard InChI is InChI=1S/C14H7Cl3N2OS2/c15-7-3-4-8(16)12(17)11(7)13(20)19-14-18-9(6-22-14)10-2-1-5-21-10/h1-6H,(H,18,19,20). The van der Waals surface area contributed by atoms with Gasteiger partial charge in [-0.25, -0.2) is 4.98 Å². The van der Waals surface area contributed by atoms with Crippen LogP contribution in [0.15, 0.2) is 35.0 Å². The Kier molecular flexibility index (Phi) is 4.70. The van der Waals surface area contributed by atoms with Crippen LogP contribution in [-0.2, 0) is 0 Å². The lowest BCUT2D eigenvalue weighted by Crippen LogP contribution is -2.13. The number of hydrogen-bond donors (Lipinski definition) is 1. The van der Waals surface area contributed by atoms with E-state index in [1.165, 1.54) is 17.4 Å². The average Bonchev–Trinajstić information content (AvgIpc) is 3.14. The number of carbonyl (C=O) groups is 1. The Labute approximate surface area is 149 Å². The summed E-state index contributed by atoms with van der Waals surface area (Å²) in [5.74, 6) is -0.440. The summed E-state index contributed by atoms with van der Waals surface area (Å²) in [6, 6.07) is 6.99. The lowest BCUT2D eigenvalue weighted by Gasteiger charge is -2.07. The molecule has 3 rings (SSSR count). The largest absolute Gasteiger partial charge is 0.298 e. The first-order valence-corrected chi connectivity index (χ1v) is 8.90. The second kappa shape index (κ2) is 6.56. The van der Waals surface area contributed by atoms with Crippen molar-refractivity contribution in [2.45, 2.75) is 0 Å². The summed E-state index contributed by atoms with van der Waals surface area (Å²) in [6.45, 7) is 0. The number of thiazole rings is 1. The van der Waals surface area contributed by atoms with E-state index < -0.39 is 5.91 Å². The first-order chi connectivity index (χ1) is 10.6. The Hall–Kier alpha value is -1.11. The molecular weight excluding hydrogens is 383 g/mol. The zero-order chi connectivity index (χ0) is 15.7. The zero-order valence-corrected chi connectivity index (χ0v) is 14.7. The summed E-state index contributed by atoms with van der Waals surface area (Å²) in [5.41, 5.74) is 0.960. The number of carbonyl (C=O) groups excluding carboxylic acids is 1. The molecule has 0 spiro atoms. The van der Waals surface area contributed by atoms with Crippen LogP contribution in [0.5, 0.6) is 0 Å². The quantitative estimate of drug-likeness (QED) is 0.551. The van der Waals surface area contributed by atoms with Crippen LogP contribution in [0.4, 0.5) is 5.13 Å². The van der Waals surface area contributed by atoms with Gasteiger partial charge in [0, 0.05) is 5.38 Å². The predicted molar refractivity (Wildman–Crippen MR) is 94.9 cm³/mol. The van der Waals surface area contributed by atoms with Crippen LogP contribution in [0.3, 0.4) is 0 Å². The van der Waals surface area contributed by atoms with Crippen LogP contribution >= 0.6 is 57.5 Å². The van der Waals surface area contributed by atoms with E-state index in [-0.39, 0.29) is 20.6 Å². The molecule has 0 saturated carbocycles. The molecule has 2 heterocycles. The highest BCUT2D eigenvalue weighted by Gasteiger charge is 2.18. The molecule has 1 aromatic carbocycles. The lowest BCUT2D eigenvalue weighted by atomic mass is 10.2. The first-order valence-electron chi connectivity index (χ1n) is 6.00. The number of anilines is 1. The van der Waals surface area contributed by atoms with E-state index in [2.05, 4.69) is 10.3 Å². The van der Waals surface area contributed by atoms with Crippen LogP contribution in [0, 0.1) is 0 Å². The van der Waals surface area contributed by atoms with Crippen molar-refractivity contribution in [2.75, 3.05) is 5.32 Å². The van der Waals surface area contributed by atoms with Crippen LogP contribution in [0.1, 0.15) is 10.4 Å². The normalized spacial score (nSPS) is 10.7. The first kappa shape index (κ1) is 15.8. The van der Waals surface area contributed by atoms with Gasteiger partial charge in [-0.2, -0.15) is 0 Å². The van der Waals surface area contributed by atoms with E-state index in [4.69, 9.17) is 34.8 Å². The van der Waals surface area contributed by atoms with Crippen molar-refractivity contribution in [3.63, 3.8) is 0 Å². The maximum atomic E-state index is 12.3. The highest BCUT2D eigenvalue weighted by molar-refractivity contribution is 7.16. The number of halogens is 3. The van der Waals surface area contributed by atoms with Crippen LogP contribution in [0.2, 0.25) is 15.1 Å². The van der Waals surface area contributed by atoms with Gasteiger partial charge in [0.1, 0.15) is 0 Å². The summed E-state index contributed by atoms with van der Waals surface area (Å²) in [4.78, 5) is 17.7. The van der Waals surface area contributed by atoms with Crippen LogP contribution < -0.4 is 5.32 Å². The average molecular weight is 390 g/mol. The van der Waals surface area contributed by atoms with Gasteiger partial charge in [-0.3, -0.25) is 10.1 Å². The zero-order valence-electron chi connectivity index (χ0n) is 10.8. The van der Waals surface area contributed by atoms with E-state index in [1.54, 1.807) is 17.4 Å². The van der Waals surface area contributed by atoms with E-state index in [9.17, 15) is 4.79 Å². The maximum absolute atomic E-state index is 12.3. The van der Waals surface area contributed by atoms with Crippen molar-refractivity contribution in [3.8, 4) is 10.6 Å². The summed E-state index contributed by atoms with van der Waals surface area (Å²) >= 11 is 20.9. The number of benzene rings is 1. The number of nitrogens with zero attached hydrogens (tertiary/aromatic N) is 1. The monoisotopic (exact) mass is 388 g/mol. The van der Waals surface area contributed by atoms with Crippen molar-refractivity contribution in [1.29, 1.82) is 0 Å². The van der Waals surface area contributed by atoms with Crippen molar-refractivity contribution >= 4 is 68.5 Å². The molecular formula is C14H7Cl3N2OS2. The summed E-state index contributed by atoms with van der Waals surface area (Å²) in [7, 11) is 0. The van der Waals surface area contributed by atoms with Gasteiger partial charge in [-0.15, -0.1) is 22.7 Å². The van der Waals surface area contributed by atoms with E-state index >= 15 is 0 Å². The second-order valence-electron chi connectivity index (χ2n) is 4.19. The summed E-state index contributed by atoms with van der Waals surface area (Å²) < 4.78 is 0. The van der Waals surface area contributed by atoms with Gasteiger partial charge in [0.15, 0.2) is 5.13 Å². The number of thiophene rings is 1. The van der Waals surface area contributed by atoms with E-state index in [0.29, 0.717) is 5.13 Å². The minimum atomic E-state index is -0.440. The third kappa shape index (κ3) is 3.14. The summed E-state index contributed by atoms with van der Waals surface area (Å²) in [5, 5.41) is 7.65. The highest BCUT2D eigenvalue weighted by atomic mass is 35.5. The molecule has 0 fully saturated rings. The van der Waals surface area contributed by atoms with Crippen molar-refractivity contribution in [2.24, 2.45) is 0 Å². The maximum Gasteiger partial charge on any atom is 0.260 e. The smallest absolute Gasteiger partial charge is 0.260 e. The number of amides is 1. The molecule has 1 amide bonds. The molecule has 0 bridgehead atoms. The molecule has 22 heavy (non-hydrogen) atoms. The van der Waals surface area contributed by atoms with Gasteiger partial charge in [-0.05, 0) is 23.6 Å². The minimum Gasteiger partial charge on any atom is -0.298 e. The van der Waals surface area contributed by atoms with Crippen LogP contribution in [0.25, 0.3) is 10.6 Å². The van der Waals surface area contributed by atoms with Crippen molar-refractivity contribution in [3.05, 3.63) is 55.7 Å². The predicted octanol–water partition coefficient (Wildman–Crippen LogP) is 6.08. The van der Waals surface area contributed by atoms with Crippen molar-refractivity contribution in [1.82, 2.24) is 4.98 Å². The Morgan fingerprint density at radius 1 is 1.09 bits per heavy atom. The fraction of sp³-hybridized carbons (Fsp3) is 0. The Morgan fingerprint density at radius 3 is 2.59 bits per heavy atom. The molecule has 0 aliphatic rings. The topological polar surface area (TPSA) is 42.0 Å². The van der Waals surface area contributed by atoms with Gasteiger partial charge in [0.2, 0.25) is 0 Å². The number of nitrogens with one attached hydrogen (secondary N) is 1. The van der Waals surface area contributed by atoms with Gasteiger partial charge in [-0.1, -0.05) is 40.9 Å². The molecule has 0 aliphatic heterocycles. The minimum absolute atomic E-state index is 0.127.